The average molecular weight is 158 g/mol. The molecule has 1 aromatic carbocycles. The molecule has 0 N–H and O–H groups in total. The zero-order chi connectivity index (χ0) is 8.55. The van der Waals surface area contributed by atoms with Gasteiger partial charge in [-0.25, -0.2) is 4.98 Å². The summed E-state index contributed by atoms with van der Waals surface area (Å²) in [6.45, 7) is 1.88. The van der Waals surface area contributed by atoms with Gasteiger partial charge in [-0.1, -0.05) is 18.2 Å². The molecule has 0 aliphatic heterocycles. The Labute approximate surface area is 70.5 Å². The largest absolute Gasteiger partial charge is 0.288 e. The maximum atomic E-state index is 11.3. The first kappa shape index (κ1) is 7.10. The van der Waals surface area contributed by atoms with E-state index in [1.165, 1.54) is 6.07 Å². The number of hydrogen-bond donors (Lipinski definition) is 0. The van der Waals surface area contributed by atoms with Crippen LogP contribution in [0.4, 0.5) is 0 Å². The van der Waals surface area contributed by atoms with Crippen LogP contribution in [-0.2, 0) is 5.11 Å². The van der Waals surface area contributed by atoms with E-state index in [0.29, 0.717) is 5.52 Å². The van der Waals surface area contributed by atoms with Crippen LogP contribution in [0.1, 0.15) is 5.69 Å². The van der Waals surface area contributed by atoms with Crippen LogP contribution in [0.25, 0.3) is 10.9 Å². The van der Waals surface area contributed by atoms with Crippen molar-refractivity contribution >= 4 is 10.9 Å². The van der Waals surface area contributed by atoms with E-state index >= 15 is 0 Å². The Morgan fingerprint density at radius 2 is 2.00 bits per heavy atom. The summed E-state index contributed by atoms with van der Waals surface area (Å²) in [7, 11) is 0. The van der Waals surface area contributed by atoms with Crippen LogP contribution in [0.5, 0.6) is 5.75 Å². The van der Waals surface area contributed by atoms with Crippen molar-refractivity contribution in [3.8, 4) is 5.75 Å². The Bertz CT molecular complexity index is 423. The monoisotopic (exact) mass is 158 g/mol. The summed E-state index contributed by atoms with van der Waals surface area (Å²) >= 11 is 0. The van der Waals surface area contributed by atoms with Gasteiger partial charge in [0.05, 0.1) is 0 Å². The van der Waals surface area contributed by atoms with Crippen molar-refractivity contribution in [2.75, 3.05) is 0 Å². The molecule has 0 atom stereocenters. The van der Waals surface area contributed by atoms with Crippen LogP contribution in [0, 0.1) is 6.92 Å². The van der Waals surface area contributed by atoms with Crippen LogP contribution >= 0.6 is 0 Å². The maximum absolute atomic E-state index is 11.3. The van der Waals surface area contributed by atoms with E-state index in [2.05, 4.69) is 4.98 Å². The highest BCUT2D eigenvalue weighted by Gasteiger charge is 2.00. The van der Waals surface area contributed by atoms with Crippen molar-refractivity contribution in [3.63, 3.8) is 0 Å². The van der Waals surface area contributed by atoms with Gasteiger partial charge in [-0.2, -0.15) is 0 Å². The van der Waals surface area contributed by atoms with Crippen molar-refractivity contribution in [2.24, 2.45) is 0 Å². The van der Waals surface area contributed by atoms with Gasteiger partial charge in [0.1, 0.15) is 5.52 Å². The predicted molar refractivity (Wildman–Crippen MR) is 46.6 cm³/mol. The van der Waals surface area contributed by atoms with Crippen molar-refractivity contribution in [1.29, 1.82) is 0 Å². The fourth-order valence-corrected chi connectivity index (χ4v) is 1.22. The van der Waals surface area contributed by atoms with E-state index in [0.717, 1.165) is 11.1 Å². The summed E-state index contributed by atoms with van der Waals surface area (Å²) in [5, 5.41) is 12.2. The van der Waals surface area contributed by atoms with Crippen LogP contribution in [0.3, 0.4) is 0 Å². The second-order valence-corrected chi connectivity index (χ2v) is 2.78. The van der Waals surface area contributed by atoms with Crippen LogP contribution < -0.4 is 0 Å². The third kappa shape index (κ3) is 1.01. The minimum atomic E-state index is -0.00352. The lowest BCUT2D eigenvalue weighted by Crippen LogP contribution is -1.81. The summed E-state index contributed by atoms with van der Waals surface area (Å²) in [6.07, 6.45) is 0. The van der Waals surface area contributed by atoms with E-state index < -0.39 is 0 Å². The van der Waals surface area contributed by atoms with Gasteiger partial charge in [0, 0.05) is 11.1 Å². The summed E-state index contributed by atoms with van der Waals surface area (Å²) in [5.74, 6) is -0.00352. The van der Waals surface area contributed by atoms with Crippen molar-refractivity contribution in [3.05, 3.63) is 36.0 Å². The van der Waals surface area contributed by atoms with Crippen LogP contribution in [0.15, 0.2) is 30.3 Å². The molecular formula is C10H8NO. The third-order valence-corrected chi connectivity index (χ3v) is 1.82. The van der Waals surface area contributed by atoms with Gasteiger partial charge in [-0.3, -0.25) is 5.11 Å². The van der Waals surface area contributed by atoms with Gasteiger partial charge in [0.15, 0.2) is 0 Å². The summed E-state index contributed by atoms with van der Waals surface area (Å²) in [6, 6.07) is 9.00. The molecule has 2 aromatic rings. The van der Waals surface area contributed by atoms with Gasteiger partial charge in [-0.05, 0) is 19.1 Å². The number of pyridine rings is 1. The van der Waals surface area contributed by atoms with E-state index in [1.807, 2.05) is 25.1 Å². The molecule has 59 valence electrons. The fraction of sp³-hybridized carbons (Fsp3) is 0.100. The number of hydrogen-bond acceptors (Lipinski definition) is 1. The normalized spacial score (nSPS) is 10.4. The molecule has 0 aliphatic carbocycles. The number of nitrogens with zero attached hydrogens (tertiary/aromatic N) is 1. The number of para-hydroxylation sites is 1. The zero-order valence-electron chi connectivity index (χ0n) is 6.74. The Kier molecular flexibility index (Phi) is 1.47. The van der Waals surface area contributed by atoms with Gasteiger partial charge < -0.3 is 0 Å². The number of aryl methyl sites for hydroxylation is 1. The maximum Gasteiger partial charge on any atom is 0.204 e. The van der Waals surface area contributed by atoms with Crippen LogP contribution in [0.2, 0.25) is 0 Å². The molecule has 2 heteroatoms. The molecule has 1 aromatic heterocycles. The number of rotatable bonds is 0. The Morgan fingerprint density at radius 3 is 2.83 bits per heavy atom. The SMILES string of the molecule is Cc1ccc2cccc([O])c2n1. The molecular weight excluding hydrogens is 150 g/mol. The molecule has 1 radical (unpaired) electrons. The Hall–Kier alpha value is -1.57. The molecule has 0 saturated carbocycles. The van der Waals surface area contributed by atoms with E-state index in [-0.39, 0.29) is 5.75 Å². The quantitative estimate of drug-likeness (QED) is 0.580. The molecule has 0 fully saturated rings. The Balaban J connectivity index is 2.88. The lowest BCUT2D eigenvalue weighted by atomic mass is 10.2. The molecule has 1 heterocycles. The van der Waals surface area contributed by atoms with Gasteiger partial charge in [-0.15, -0.1) is 0 Å². The fourth-order valence-electron chi connectivity index (χ4n) is 1.22. The topological polar surface area (TPSA) is 32.8 Å². The minimum absolute atomic E-state index is 0.00352. The third-order valence-electron chi connectivity index (χ3n) is 1.82. The van der Waals surface area contributed by atoms with E-state index in [4.69, 9.17) is 0 Å². The Morgan fingerprint density at radius 1 is 1.17 bits per heavy atom. The molecule has 12 heavy (non-hydrogen) atoms. The highest BCUT2D eigenvalue weighted by Crippen LogP contribution is 2.22. The molecule has 2 rings (SSSR count). The van der Waals surface area contributed by atoms with E-state index in [9.17, 15) is 5.11 Å². The van der Waals surface area contributed by atoms with Gasteiger partial charge in [0.2, 0.25) is 5.75 Å². The van der Waals surface area contributed by atoms with E-state index in [1.54, 1.807) is 6.07 Å². The predicted octanol–water partition coefficient (Wildman–Crippen LogP) is 2.69. The van der Waals surface area contributed by atoms with Gasteiger partial charge in [0.25, 0.3) is 0 Å². The average Bonchev–Trinajstić information content (AvgIpc) is 2.07. The lowest BCUT2D eigenvalue weighted by Gasteiger charge is -1.97. The standard InChI is InChI=1S/C10H8NO/c1-7-5-6-8-3-2-4-9(12)10(8)11-7/h2-6H,1H3. The molecule has 0 bridgehead atoms. The van der Waals surface area contributed by atoms with Crippen molar-refractivity contribution < 1.29 is 5.11 Å². The first-order chi connectivity index (χ1) is 5.77. The minimum Gasteiger partial charge on any atom is -0.288 e. The lowest BCUT2D eigenvalue weighted by molar-refractivity contribution is 0.359. The highest BCUT2D eigenvalue weighted by molar-refractivity contribution is 5.84. The summed E-state index contributed by atoms with van der Waals surface area (Å²) in [4.78, 5) is 4.16. The molecule has 0 unspecified atom stereocenters. The summed E-state index contributed by atoms with van der Waals surface area (Å²) < 4.78 is 0. The smallest absolute Gasteiger partial charge is 0.204 e. The number of benzene rings is 1. The molecule has 0 aliphatic rings. The van der Waals surface area contributed by atoms with Gasteiger partial charge >= 0.3 is 0 Å². The van der Waals surface area contributed by atoms with Crippen molar-refractivity contribution in [1.82, 2.24) is 4.98 Å². The first-order valence-corrected chi connectivity index (χ1v) is 3.81. The highest BCUT2D eigenvalue weighted by atomic mass is 16.3. The second kappa shape index (κ2) is 2.48. The summed E-state index contributed by atoms with van der Waals surface area (Å²) in [5.41, 5.74) is 1.45. The molecule has 2 nitrogen and oxygen atoms in total. The number of aromatic nitrogens is 1. The molecule has 0 amide bonds. The zero-order valence-corrected chi connectivity index (χ0v) is 6.74. The second-order valence-electron chi connectivity index (χ2n) is 2.78. The number of fused-ring (bicyclic) bond motifs is 1. The first-order valence-electron chi connectivity index (χ1n) is 3.81. The molecule has 0 saturated heterocycles. The van der Waals surface area contributed by atoms with Crippen molar-refractivity contribution in [2.45, 2.75) is 6.92 Å². The van der Waals surface area contributed by atoms with Crippen LogP contribution in [-0.4, -0.2) is 4.98 Å². The molecule has 0 spiro atoms.